The largest absolute Gasteiger partial charge is 0.327 e. The molecule has 2 rings (SSSR count). The van der Waals surface area contributed by atoms with E-state index in [-0.39, 0.29) is 0 Å². The van der Waals surface area contributed by atoms with Crippen LogP contribution in [0.1, 0.15) is 33.7 Å². The molecule has 2 aromatic rings. The maximum absolute atomic E-state index is 4.46. The monoisotopic (exact) mass is 245 g/mol. The highest BCUT2D eigenvalue weighted by atomic mass is 15.1. The van der Waals surface area contributed by atoms with Crippen LogP contribution in [0.2, 0.25) is 0 Å². The Balaban J connectivity index is 2.15. The molecule has 1 aromatic heterocycles. The van der Waals surface area contributed by atoms with Crippen LogP contribution < -0.4 is 5.32 Å². The Labute approximate surface area is 109 Å². The van der Waals surface area contributed by atoms with E-state index >= 15 is 0 Å². The number of para-hydroxylation sites is 2. The number of nitrogens with one attached hydrogen (secondary N) is 1. The van der Waals surface area contributed by atoms with E-state index in [1.165, 1.54) is 5.52 Å². The van der Waals surface area contributed by atoms with Gasteiger partial charge < -0.3 is 9.88 Å². The fourth-order valence-electron chi connectivity index (χ4n) is 2.17. The first-order chi connectivity index (χ1) is 8.59. The Morgan fingerprint density at radius 1 is 1.17 bits per heavy atom. The maximum atomic E-state index is 4.46. The highest BCUT2D eigenvalue weighted by Gasteiger charge is 2.16. The summed E-state index contributed by atoms with van der Waals surface area (Å²) < 4.78 is 2.28. The predicted octanol–water partition coefficient (Wildman–Crippen LogP) is 3.23. The second kappa shape index (κ2) is 5.53. The van der Waals surface area contributed by atoms with Crippen molar-refractivity contribution >= 4 is 11.0 Å². The van der Waals surface area contributed by atoms with E-state index in [1.54, 1.807) is 0 Å². The van der Waals surface area contributed by atoms with Gasteiger partial charge in [-0.05, 0) is 31.5 Å². The van der Waals surface area contributed by atoms with Gasteiger partial charge in [-0.2, -0.15) is 0 Å². The van der Waals surface area contributed by atoms with Crippen LogP contribution >= 0.6 is 0 Å². The van der Waals surface area contributed by atoms with Gasteiger partial charge in [-0.1, -0.05) is 32.9 Å². The molecule has 0 saturated heterocycles. The van der Waals surface area contributed by atoms with Crippen LogP contribution in [0.5, 0.6) is 0 Å². The summed E-state index contributed by atoms with van der Waals surface area (Å²) in [4.78, 5) is 4.46. The molecule has 0 radical (unpaired) electrons. The summed E-state index contributed by atoms with van der Waals surface area (Å²) in [6.07, 6.45) is 1.96. The standard InChI is InChI=1S/C15H23N3/c1-11(2)16-9-12(3)13(4)18-10-17-14-7-5-6-8-15(14)18/h5-8,10-13,16H,9H2,1-4H3. The highest BCUT2D eigenvalue weighted by molar-refractivity contribution is 5.75. The quantitative estimate of drug-likeness (QED) is 0.876. The first kappa shape index (κ1) is 13.1. The number of aromatic nitrogens is 2. The molecule has 18 heavy (non-hydrogen) atoms. The van der Waals surface area contributed by atoms with E-state index in [0.29, 0.717) is 18.0 Å². The molecule has 1 aromatic carbocycles. The van der Waals surface area contributed by atoms with E-state index in [4.69, 9.17) is 0 Å². The number of fused-ring (bicyclic) bond motifs is 1. The fraction of sp³-hybridized carbons (Fsp3) is 0.533. The van der Waals surface area contributed by atoms with Crippen LogP contribution in [0, 0.1) is 5.92 Å². The van der Waals surface area contributed by atoms with Gasteiger partial charge in [0, 0.05) is 12.1 Å². The van der Waals surface area contributed by atoms with Crippen molar-refractivity contribution in [1.82, 2.24) is 14.9 Å². The first-order valence-electron chi connectivity index (χ1n) is 6.74. The fourth-order valence-corrected chi connectivity index (χ4v) is 2.17. The minimum absolute atomic E-state index is 0.448. The molecule has 0 aliphatic rings. The minimum Gasteiger partial charge on any atom is -0.327 e. The lowest BCUT2D eigenvalue weighted by Crippen LogP contribution is -2.31. The zero-order valence-electron chi connectivity index (χ0n) is 11.7. The van der Waals surface area contributed by atoms with Gasteiger partial charge in [0.25, 0.3) is 0 Å². The summed E-state index contributed by atoms with van der Waals surface area (Å²) in [5.74, 6) is 0.574. The summed E-state index contributed by atoms with van der Waals surface area (Å²) in [6, 6.07) is 9.30. The molecule has 0 aliphatic carbocycles. The molecule has 0 aliphatic heterocycles. The molecule has 2 atom stereocenters. The third kappa shape index (κ3) is 2.72. The molecule has 1 heterocycles. The molecule has 0 amide bonds. The van der Waals surface area contributed by atoms with Crippen molar-refractivity contribution in [3.8, 4) is 0 Å². The van der Waals surface area contributed by atoms with Crippen molar-refractivity contribution < 1.29 is 0 Å². The van der Waals surface area contributed by atoms with Crippen LogP contribution in [0.3, 0.4) is 0 Å². The van der Waals surface area contributed by atoms with Crippen molar-refractivity contribution in [3.63, 3.8) is 0 Å². The molecule has 0 bridgehead atoms. The minimum atomic E-state index is 0.448. The zero-order chi connectivity index (χ0) is 13.1. The number of imidazole rings is 1. The van der Waals surface area contributed by atoms with Gasteiger partial charge in [-0.15, -0.1) is 0 Å². The summed E-state index contributed by atoms with van der Waals surface area (Å²) in [5, 5.41) is 3.50. The van der Waals surface area contributed by atoms with E-state index in [0.717, 1.165) is 12.1 Å². The molecule has 1 N–H and O–H groups in total. The predicted molar refractivity (Wildman–Crippen MR) is 76.7 cm³/mol. The Morgan fingerprint density at radius 2 is 1.89 bits per heavy atom. The average Bonchev–Trinajstić information content (AvgIpc) is 2.78. The van der Waals surface area contributed by atoms with E-state index in [2.05, 4.69) is 60.8 Å². The Hall–Kier alpha value is -1.35. The van der Waals surface area contributed by atoms with Gasteiger partial charge in [-0.3, -0.25) is 0 Å². The smallest absolute Gasteiger partial charge is 0.0960 e. The second-order valence-corrected chi connectivity index (χ2v) is 5.42. The van der Waals surface area contributed by atoms with Gasteiger partial charge in [0.05, 0.1) is 17.4 Å². The molecule has 3 heteroatoms. The number of rotatable bonds is 5. The lowest BCUT2D eigenvalue weighted by molar-refractivity contribution is 0.357. The highest BCUT2D eigenvalue weighted by Crippen LogP contribution is 2.22. The first-order valence-corrected chi connectivity index (χ1v) is 6.74. The third-order valence-corrected chi connectivity index (χ3v) is 3.59. The zero-order valence-corrected chi connectivity index (χ0v) is 11.7. The molecule has 3 nitrogen and oxygen atoms in total. The van der Waals surface area contributed by atoms with Gasteiger partial charge in [0.15, 0.2) is 0 Å². The van der Waals surface area contributed by atoms with Gasteiger partial charge in [-0.25, -0.2) is 4.98 Å². The van der Waals surface area contributed by atoms with Crippen molar-refractivity contribution in [2.24, 2.45) is 5.92 Å². The van der Waals surface area contributed by atoms with Gasteiger partial charge in [0.1, 0.15) is 0 Å². The van der Waals surface area contributed by atoms with E-state index in [9.17, 15) is 0 Å². The average molecular weight is 245 g/mol. The third-order valence-electron chi connectivity index (χ3n) is 3.59. The van der Waals surface area contributed by atoms with Crippen molar-refractivity contribution in [1.29, 1.82) is 0 Å². The van der Waals surface area contributed by atoms with Gasteiger partial charge in [0.2, 0.25) is 0 Å². The van der Waals surface area contributed by atoms with Crippen molar-refractivity contribution in [3.05, 3.63) is 30.6 Å². The van der Waals surface area contributed by atoms with Crippen molar-refractivity contribution in [2.45, 2.75) is 39.8 Å². The lowest BCUT2D eigenvalue weighted by Gasteiger charge is -2.23. The molecule has 98 valence electrons. The Morgan fingerprint density at radius 3 is 2.61 bits per heavy atom. The maximum Gasteiger partial charge on any atom is 0.0960 e. The van der Waals surface area contributed by atoms with Crippen LogP contribution in [0.4, 0.5) is 0 Å². The molecular weight excluding hydrogens is 222 g/mol. The number of hydrogen-bond donors (Lipinski definition) is 1. The lowest BCUT2D eigenvalue weighted by atomic mass is 10.0. The summed E-state index contributed by atoms with van der Waals surface area (Å²) in [6.45, 7) is 9.95. The number of benzene rings is 1. The number of nitrogens with zero attached hydrogens (tertiary/aromatic N) is 2. The summed E-state index contributed by atoms with van der Waals surface area (Å²) >= 11 is 0. The molecular formula is C15H23N3. The van der Waals surface area contributed by atoms with Crippen LogP contribution in [-0.2, 0) is 0 Å². The van der Waals surface area contributed by atoms with Crippen LogP contribution in [-0.4, -0.2) is 22.1 Å². The van der Waals surface area contributed by atoms with Gasteiger partial charge >= 0.3 is 0 Å². The van der Waals surface area contributed by atoms with E-state index < -0.39 is 0 Å². The van der Waals surface area contributed by atoms with Crippen LogP contribution in [0.15, 0.2) is 30.6 Å². The Kier molecular flexibility index (Phi) is 4.02. The second-order valence-electron chi connectivity index (χ2n) is 5.42. The van der Waals surface area contributed by atoms with Crippen LogP contribution in [0.25, 0.3) is 11.0 Å². The Bertz CT molecular complexity index is 501. The summed E-state index contributed by atoms with van der Waals surface area (Å²) in [7, 11) is 0. The van der Waals surface area contributed by atoms with Crippen molar-refractivity contribution in [2.75, 3.05) is 6.54 Å². The number of hydrogen-bond acceptors (Lipinski definition) is 2. The molecule has 0 fully saturated rings. The summed E-state index contributed by atoms with van der Waals surface area (Å²) in [5.41, 5.74) is 2.30. The topological polar surface area (TPSA) is 29.9 Å². The van der Waals surface area contributed by atoms with E-state index in [1.807, 2.05) is 12.4 Å². The molecule has 0 saturated carbocycles. The molecule has 2 unspecified atom stereocenters. The molecule has 0 spiro atoms. The SMILES string of the molecule is CC(C)NCC(C)C(C)n1cnc2ccccc21. The normalized spacial score (nSPS) is 15.2.